The maximum absolute atomic E-state index is 13.2. The third-order valence-electron chi connectivity index (χ3n) is 6.19. The molecule has 5 rings (SSSR count). The lowest BCUT2D eigenvalue weighted by Crippen LogP contribution is -2.46. The number of fused-ring (bicyclic) bond motifs is 3. The first-order chi connectivity index (χ1) is 14.0. The van der Waals surface area contributed by atoms with Gasteiger partial charge in [-0.1, -0.05) is 12.1 Å². The molecule has 3 aromatic rings. The number of H-pyrrole nitrogens is 1. The zero-order valence-electron chi connectivity index (χ0n) is 16.1. The number of benzene rings is 1. The summed E-state index contributed by atoms with van der Waals surface area (Å²) in [6, 6.07) is 8.56. The van der Waals surface area contributed by atoms with Gasteiger partial charge in [0.2, 0.25) is 5.91 Å². The molecule has 0 radical (unpaired) electrons. The van der Waals surface area contributed by atoms with E-state index in [1.54, 1.807) is 6.92 Å². The van der Waals surface area contributed by atoms with Gasteiger partial charge < -0.3 is 4.90 Å². The predicted molar refractivity (Wildman–Crippen MR) is 104 cm³/mol. The number of piperidine rings is 1. The van der Waals surface area contributed by atoms with Crippen LogP contribution in [-0.2, 0) is 11.2 Å². The summed E-state index contributed by atoms with van der Waals surface area (Å²) in [5.74, 6) is 0.896. The van der Waals surface area contributed by atoms with Gasteiger partial charge in [0.05, 0.1) is 6.42 Å². The van der Waals surface area contributed by atoms with Crippen LogP contribution in [-0.4, -0.2) is 42.5 Å². The average Bonchev–Trinajstić information content (AvgIpc) is 3.20. The van der Waals surface area contributed by atoms with Crippen LogP contribution >= 0.6 is 0 Å². The summed E-state index contributed by atoms with van der Waals surface area (Å²) >= 11 is 0. The van der Waals surface area contributed by atoms with Crippen molar-refractivity contribution in [2.24, 2.45) is 0 Å². The normalized spacial score (nSPS) is 23.7. The van der Waals surface area contributed by atoms with Crippen LogP contribution in [0.1, 0.15) is 48.7 Å². The fourth-order valence-electron chi connectivity index (χ4n) is 4.94. The largest absolute Gasteiger partial charge is 0.336 e. The summed E-state index contributed by atoms with van der Waals surface area (Å²) < 4.78 is 14.5. The van der Waals surface area contributed by atoms with Crippen molar-refractivity contribution in [3.8, 4) is 0 Å². The SMILES string of the molecule is Cc1cc(=O)n2[nH]c(CC(=O)N3[C@@H]4CC[C@H]3CC(c3ccc(F)cc3)C4)nc2n1. The molecule has 1 amide bonds. The minimum Gasteiger partial charge on any atom is -0.336 e. The van der Waals surface area contributed by atoms with Crippen molar-refractivity contribution < 1.29 is 9.18 Å². The van der Waals surface area contributed by atoms with Gasteiger partial charge in [-0.25, -0.2) is 9.37 Å². The molecule has 0 saturated carbocycles. The van der Waals surface area contributed by atoms with E-state index in [0.717, 1.165) is 31.2 Å². The zero-order chi connectivity index (χ0) is 20.1. The molecular weight excluding hydrogens is 373 g/mol. The van der Waals surface area contributed by atoms with Gasteiger partial charge in [0, 0.05) is 23.8 Å². The highest BCUT2D eigenvalue weighted by molar-refractivity contribution is 5.79. The van der Waals surface area contributed by atoms with Crippen molar-refractivity contribution in [2.75, 3.05) is 0 Å². The fraction of sp³-hybridized carbons (Fsp3) is 0.429. The number of hydrogen-bond donors (Lipinski definition) is 1. The first kappa shape index (κ1) is 18.0. The molecule has 4 heterocycles. The minimum absolute atomic E-state index is 0.0267. The first-order valence-electron chi connectivity index (χ1n) is 10.00. The molecule has 2 bridgehead atoms. The third kappa shape index (κ3) is 3.22. The molecule has 29 heavy (non-hydrogen) atoms. The number of nitrogens with zero attached hydrogens (tertiary/aromatic N) is 4. The molecule has 2 aliphatic heterocycles. The number of hydrogen-bond acceptors (Lipinski definition) is 4. The monoisotopic (exact) mass is 395 g/mol. The Morgan fingerprint density at radius 2 is 1.86 bits per heavy atom. The lowest BCUT2D eigenvalue weighted by atomic mass is 9.85. The van der Waals surface area contributed by atoms with Crippen LogP contribution in [0.5, 0.6) is 0 Å². The molecule has 1 unspecified atom stereocenters. The van der Waals surface area contributed by atoms with Gasteiger partial charge >= 0.3 is 0 Å². The molecule has 1 N–H and O–H groups in total. The number of rotatable bonds is 3. The topological polar surface area (TPSA) is 83.4 Å². The van der Waals surface area contributed by atoms with Gasteiger partial charge in [-0.2, -0.15) is 9.50 Å². The Morgan fingerprint density at radius 1 is 1.17 bits per heavy atom. The fourth-order valence-corrected chi connectivity index (χ4v) is 4.94. The van der Waals surface area contributed by atoms with Gasteiger partial charge in [-0.3, -0.25) is 14.7 Å². The second-order valence-corrected chi connectivity index (χ2v) is 8.12. The molecule has 2 aliphatic rings. The van der Waals surface area contributed by atoms with E-state index in [2.05, 4.69) is 15.1 Å². The molecule has 1 aromatic carbocycles. The van der Waals surface area contributed by atoms with E-state index in [0.29, 0.717) is 17.4 Å². The van der Waals surface area contributed by atoms with Gasteiger partial charge in [-0.05, 0) is 56.2 Å². The van der Waals surface area contributed by atoms with Gasteiger partial charge in [-0.15, -0.1) is 0 Å². The molecule has 2 fully saturated rings. The smallest absolute Gasteiger partial charge is 0.274 e. The number of aromatic amines is 1. The van der Waals surface area contributed by atoms with Crippen LogP contribution in [0, 0.1) is 12.7 Å². The van der Waals surface area contributed by atoms with Crippen molar-refractivity contribution in [3.63, 3.8) is 0 Å². The Bertz CT molecular complexity index is 1120. The molecule has 0 spiro atoms. The van der Waals surface area contributed by atoms with E-state index >= 15 is 0 Å². The van der Waals surface area contributed by atoms with E-state index in [1.807, 2.05) is 17.0 Å². The average molecular weight is 395 g/mol. The summed E-state index contributed by atoms with van der Waals surface area (Å²) in [5, 5.41) is 2.90. The summed E-state index contributed by atoms with van der Waals surface area (Å²) in [4.78, 5) is 35.7. The standard InChI is InChI=1S/C21H22FN5O2/c1-12-8-20(29)27-21(23-12)24-18(25-27)11-19(28)26-16-6-7-17(26)10-14(9-16)13-2-4-15(22)5-3-13/h2-5,8,14,16-17H,6-7,9-11H2,1H3,(H,23,24,25)/t14?,16-,17+. The van der Waals surface area contributed by atoms with Gasteiger partial charge in [0.15, 0.2) is 0 Å². The van der Waals surface area contributed by atoms with Crippen molar-refractivity contribution in [3.05, 3.63) is 63.6 Å². The van der Waals surface area contributed by atoms with E-state index in [9.17, 15) is 14.0 Å². The summed E-state index contributed by atoms with van der Waals surface area (Å²) in [7, 11) is 0. The molecule has 2 saturated heterocycles. The molecule has 2 aromatic heterocycles. The highest BCUT2D eigenvalue weighted by atomic mass is 19.1. The van der Waals surface area contributed by atoms with E-state index in [4.69, 9.17) is 0 Å². The number of aromatic nitrogens is 4. The van der Waals surface area contributed by atoms with E-state index < -0.39 is 0 Å². The number of halogens is 1. The number of amides is 1. The number of nitrogens with one attached hydrogen (secondary N) is 1. The van der Waals surface area contributed by atoms with Crippen LogP contribution in [0.4, 0.5) is 4.39 Å². The molecular formula is C21H22FN5O2. The third-order valence-corrected chi connectivity index (χ3v) is 6.19. The first-order valence-corrected chi connectivity index (χ1v) is 10.00. The number of aryl methyl sites for hydroxylation is 1. The van der Waals surface area contributed by atoms with Crippen molar-refractivity contribution in [1.82, 2.24) is 24.5 Å². The second kappa shape index (κ2) is 6.79. The van der Waals surface area contributed by atoms with Crippen LogP contribution in [0.2, 0.25) is 0 Å². The van der Waals surface area contributed by atoms with Crippen LogP contribution in [0.3, 0.4) is 0 Å². The van der Waals surface area contributed by atoms with Gasteiger partial charge in [0.1, 0.15) is 11.6 Å². The lowest BCUT2D eigenvalue weighted by molar-refractivity contribution is -0.135. The van der Waals surface area contributed by atoms with E-state index in [1.165, 1.54) is 22.7 Å². The van der Waals surface area contributed by atoms with Crippen molar-refractivity contribution >= 4 is 11.7 Å². The minimum atomic E-state index is -0.237. The van der Waals surface area contributed by atoms with Crippen molar-refractivity contribution in [1.29, 1.82) is 0 Å². The predicted octanol–water partition coefficient (Wildman–Crippen LogP) is 2.34. The second-order valence-electron chi connectivity index (χ2n) is 8.12. The Hall–Kier alpha value is -3.03. The Balaban J connectivity index is 1.33. The molecule has 3 atom stereocenters. The van der Waals surface area contributed by atoms with Crippen LogP contribution in [0.15, 0.2) is 35.1 Å². The summed E-state index contributed by atoms with van der Waals surface area (Å²) in [5.41, 5.74) is 1.51. The van der Waals surface area contributed by atoms with Crippen LogP contribution in [0.25, 0.3) is 5.78 Å². The highest BCUT2D eigenvalue weighted by Gasteiger charge is 2.43. The highest BCUT2D eigenvalue weighted by Crippen LogP contribution is 2.43. The zero-order valence-corrected chi connectivity index (χ0v) is 16.1. The Morgan fingerprint density at radius 3 is 2.55 bits per heavy atom. The van der Waals surface area contributed by atoms with E-state index in [-0.39, 0.29) is 41.6 Å². The lowest BCUT2D eigenvalue weighted by Gasteiger charge is -2.39. The Kier molecular flexibility index (Phi) is 4.22. The molecule has 0 aliphatic carbocycles. The summed E-state index contributed by atoms with van der Waals surface area (Å²) in [6.07, 6.45) is 3.90. The maximum atomic E-state index is 13.2. The van der Waals surface area contributed by atoms with Crippen LogP contribution < -0.4 is 5.56 Å². The maximum Gasteiger partial charge on any atom is 0.274 e. The van der Waals surface area contributed by atoms with Crippen molar-refractivity contribution in [2.45, 2.75) is 57.0 Å². The summed E-state index contributed by atoms with van der Waals surface area (Å²) in [6.45, 7) is 1.74. The molecule has 8 heteroatoms. The quantitative estimate of drug-likeness (QED) is 0.738. The van der Waals surface area contributed by atoms with Gasteiger partial charge in [0.25, 0.3) is 11.3 Å². The molecule has 7 nitrogen and oxygen atoms in total. The Labute approximate surface area is 166 Å². The number of carbonyl (C=O) groups excluding carboxylic acids is 1. The molecule has 150 valence electrons. The number of carbonyl (C=O) groups is 1.